The van der Waals surface area contributed by atoms with Crippen molar-refractivity contribution >= 4 is 22.5 Å². The van der Waals surface area contributed by atoms with Gasteiger partial charge in [-0.15, -0.1) is 0 Å². The van der Waals surface area contributed by atoms with E-state index < -0.39 is 5.91 Å². The van der Waals surface area contributed by atoms with Gasteiger partial charge in [-0.25, -0.2) is 4.98 Å². The number of pyridine rings is 2. The van der Waals surface area contributed by atoms with Crippen LogP contribution in [0, 0.1) is 0 Å². The molecule has 0 aliphatic carbocycles. The Hall–Kier alpha value is -3.74. The van der Waals surface area contributed by atoms with Crippen LogP contribution in [0.3, 0.4) is 0 Å². The summed E-state index contributed by atoms with van der Waals surface area (Å²) in [6.07, 6.45) is 4.74. The fraction of sp³-hybridized carbons (Fsp3) is 0. The van der Waals surface area contributed by atoms with Crippen LogP contribution in [0.2, 0.25) is 0 Å². The van der Waals surface area contributed by atoms with E-state index in [1.807, 2.05) is 18.2 Å². The molecule has 0 aliphatic rings. The molecule has 3 heterocycles. The predicted octanol–water partition coefficient (Wildman–Crippen LogP) is 2.98. The fourth-order valence-corrected chi connectivity index (χ4v) is 2.53. The molecule has 7 heteroatoms. The summed E-state index contributed by atoms with van der Waals surface area (Å²) in [5.74, 6) is -0.732. The zero-order chi connectivity index (χ0) is 17.2. The smallest absolute Gasteiger partial charge is 0.278 e. The SMILES string of the molecule is O=C(Nc1ccc(-c2ccn[nH]2)cc1)c1ncc2cccnc2c1O. The van der Waals surface area contributed by atoms with Crippen molar-refractivity contribution < 1.29 is 9.90 Å². The van der Waals surface area contributed by atoms with E-state index in [0.29, 0.717) is 16.6 Å². The Bertz CT molecular complexity index is 1040. The molecule has 1 amide bonds. The number of aromatic amines is 1. The van der Waals surface area contributed by atoms with Crippen LogP contribution in [0.1, 0.15) is 10.5 Å². The molecule has 122 valence electrons. The lowest BCUT2D eigenvalue weighted by molar-refractivity contribution is 0.102. The first-order chi connectivity index (χ1) is 12.2. The minimum absolute atomic E-state index is 0.0659. The van der Waals surface area contributed by atoms with Gasteiger partial charge >= 0.3 is 0 Å². The molecule has 0 fully saturated rings. The van der Waals surface area contributed by atoms with Crippen molar-refractivity contribution in [2.24, 2.45) is 0 Å². The van der Waals surface area contributed by atoms with Crippen molar-refractivity contribution in [1.29, 1.82) is 0 Å². The Labute approximate surface area is 142 Å². The number of carbonyl (C=O) groups is 1. The van der Waals surface area contributed by atoms with Crippen molar-refractivity contribution in [3.63, 3.8) is 0 Å². The number of benzene rings is 1. The van der Waals surface area contributed by atoms with Gasteiger partial charge in [0.2, 0.25) is 0 Å². The van der Waals surface area contributed by atoms with Crippen LogP contribution in [-0.4, -0.2) is 31.2 Å². The molecule has 0 atom stereocenters. The second-order valence-corrected chi connectivity index (χ2v) is 5.40. The van der Waals surface area contributed by atoms with Gasteiger partial charge in [-0.05, 0) is 35.9 Å². The second kappa shape index (κ2) is 6.04. The van der Waals surface area contributed by atoms with Crippen molar-refractivity contribution in [2.75, 3.05) is 5.32 Å². The topological polar surface area (TPSA) is 104 Å². The lowest BCUT2D eigenvalue weighted by Crippen LogP contribution is -2.14. The van der Waals surface area contributed by atoms with Gasteiger partial charge in [-0.2, -0.15) is 5.10 Å². The van der Waals surface area contributed by atoms with E-state index in [9.17, 15) is 9.90 Å². The van der Waals surface area contributed by atoms with Gasteiger partial charge in [0.25, 0.3) is 5.91 Å². The minimum atomic E-state index is -0.501. The van der Waals surface area contributed by atoms with Gasteiger partial charge in [-0.1, -0.05) is 12.1 Å². The summed E-state index contributed by atoms with van der Waals surface area (Å²) in [6, 6.07) is 12.6. The van der Waals surface area contributed by atoms with Crippen LogP contribution >= 0.6 is 0 Å². The highest BCUT2D eigenvalue weighted by molar-refractivity contribution is 6.07. The van der Waals surface area contributed by atoms with Crippen LogP contribution in [-0.2, 0) is 0 Å². The lowest BCUT2D eigenvalue weighted by Gasteiger charge is -2.08. The van der Waals surface area contributed by atoms with E-state index in [-0.39, 0.29) is 11.4 Å². The molecule has 4 rings (SSSR count). The minimum Gasteiger partial charge on any atom is -0.504 e. The van der Waals surface area contributed by atoms with Gasteiger partial charge < -0.3 is 10.4 Å². The molecule has 0 aliphatic heterocycles. The Morgan fingerprint density at radius 3 is 2.64 bits per heavy atom. The zero-order valence-electron chi connectivity index (χ0n) is 13.0. The molecular formula is C18H13N5O2. The third-order valence-corrected chi connectivity index (χ3v) is 3.79. The van der Waals surface area contributed by atoms with Crippen molar-refractivity contribution in [3.05, 3.63) is 66.7 Å². The maximum atomic E-state index is 12.4. The summed E-state index contributed by atoms with van der Waals surface area (Å²) in [5.41, 5.74) is 2.71. The summed E-state index contributed by atoms with van der Waals surface area (Å²) in [6.45, 7) is 0. The first kappa shape index (κ1) is 14.8. The number of aromatic hydroxyl groups is 1. The molecule has 0 radical (unpaired) electrons. The molecule has 4 aromatic rings. The zero-order valence-corrected chi connectivity index (χ0v) is 13.0. The number of hydrogen-bond acceptors (Lipinski definition) is 5. The number of amides is 1. The van der Waals surface area contributed by atoms with Gasteiger partial charge in [0.15, 0.2) is 11.4 Å². The Morgan fingerprint density at radius 1 is 1.04 bits per heavy atom. The maximum Gasteiger partial charge on any atom is 0.278 e. The molecule has 1 aromatic carbocycles. The molecule has 0 saturated carbocycles. The van der Waals surface area contributed by atoms with Crippen molar-refractivity contribution in [1.82, 2.24) is 20.2 Å². The normalized spacial score (nSPS) is 10.7. The van der Waals surface area contributed by atoms with Crippen LogP contribution in [0.4, 0.5) is 5.69 Å². The number of nitrogens with zero attached hydrogens (tertiary/aromatic N) is 3. The van der Waals surface area contributed by atoms with E-state index >= 15 is 0 Å². The highest BCUT2D eigenvalue weighted by Gasteiger charge is 2.16. The number of nitrogens with one attached hydrogen (secondary N) is 2. The molecular weight excluding hydrogens is 318 g/mol. The summed E-state index contributed by atoms with van der Waals surface area (Å²) in [7, 11) is 0. The van der Waals surface area contributed by atoms with E-state index in [4.69, 9.17) is 0 Å². The van der Waals surface area contributed by atoms with Gasteiger partial charge in [0, 0.05) is 29.7 Å². The molecule has 0 unspecified atom stereocenters. The number of anilines is 1. The second-order valence-electron chi connectivity index (χ2n) is 5.40. The number of hydrogen-bond donors (Lipinski definition) is 3. The summed E-state index contributed by atoms with van der Waals surface area (Å²) in [5, 5.41) is 20.4. The van der Waals surface area contributed by atoms with Crippen LogP contribution in [0.25, 0.3) is 22.2 Å². The highest BCUT2D eigenvalue weighted by atomic mass is 16.3. The number of aromatic nitrogens is 4. The Morgan fingerprint density at radius 2 is 1.88 bits per heavy atom. The monoisotopic (exact) mass is 331 g/mol. The standard InChI is InChI=1S/C18H13N5O2/c24-17-15-12(2-1-8-19-15)10-20-16(17)18(25)22-13-5-3-11(4-6-13)14-7-9-21-23-14/h1-10,24H,(H,21,23)(H,22,25). The lowest BCUT2D eigenvalue weighted by atomic mass is 10.1. The predicted molar refractivity (Wildman–Crippen MR) is 93.2 cm³/mol. The molecule has 3 aromatic heterocycles. The van der Waals surface area contributed by atoms with Gasteiger partial charge in [0.1, 0.15) is 5.52 Å². The van der Waals surface area contributed by atoms with E-state index in [1.165, 1.54) is 6.20 Å². The summed E-state index contributed by atoms with van der Waals surface area (Å²) >= 11 is 0. The average Bonchev–Trinajstić information content (AvgIpc) is 3.17. The van der Waals surface area contributed by atoms with Crippen molar-refractivity contribution in [2.45, 2.75) is 0 Å². The van der Waals surface area contributed by atoms with E-state index in [2.05, 4.69) is 25.5 Å². The third kappa shape index (κ3) is 2.78. The van der Waals surface area contributed by atoms with Gasteiger partial charge in [0.05, 0.1) is 5.69 Å². The molecule has 7 nitrogen and oxygen atoms in total. The number of fused-ring (bicyclic) bond motifs is 1. The molecule has 0 saturated heterocycles. The van der Waals surface area contributed by atoms with Crippen LogP contribution in [0.5, 0.6) is 5.75 Å². The van der Waals surface area contributed by atoms with Crippen LogP contribution in [0.15, 0.2) is 61.1 Å². The molecule has 25 heavy (non-hydrogen) atoms. The highest BCUT2D eigenvalue weighted by Crippen LogP contribution is 2.26. The van der Waals surface area contributed by atoms with Gasteiger partial charge in [-0.3, -0.25) is 14.9 Å². The fourth-order valence-electron chi connectivity index (χ4n) is 2.53. The van der Waals surface area contributed by atoms with Crippen molar-refractivity contribution in [3.8, 4) is 17.0 Å². The Kier molecular flexibility index (Phi) is 3.59. The average molecular weight is 331 g/mol. The molecule has 0 spiro atoms. The first-order valence-corrected chi connectivity index (χ1v) is 7.56. The quantitative estimate of drug-likeness (QED) is 0.535. The first-order valence-electron chi connectivity index (χ1n) is 7.56. The number of rotatable bonds is 3. The van der Waals surface area contributed by atoms with E-state index in [1.54, 1.807) is 36.7 Å². The van der Waals surface area contributed by atoms with E-state index in [0.717, 1.165) is 11.3 Å². The molecule has 0 bridgehead atoms. The number of H-pyrrole nitrogens is 1. The summed E-state index contributed by atoms with van der Waals surface area (Å²) in [4.78, 5) is 20.6. The molecule has 3 N–H and O–H groups in total. The maximum absolute atomic E-state index is 12.4. The third-order valence-electron chi connectivity index (χ3n) is 3.79. The number of carbonyl (C=O) groups excluding carboxylic acids is 1. The largest absolute Gasteiger partial charge is 0.504 e. The summed E-state index contributed by atoms with van der Waals surface area (Å²) < 4.78 is 0. The Balaban J connectivity index is 1.59. The van der Waals surface area contributed by atoms with Crippen LogP contribution < -0.4 is 5.32 Å².